The van der Waals surface area contributed by atoms with Gasteiger partial charge >= 0.3 is 0 Å². The summed E-state index contributed by atoms with van der Waals surface area (Å²) in [5.74, 6) is 0.753. The highest BCUT2D eigenvalue weighted by molar-refractivity contribution is 6.30. The first-order valence-electron chi connectivity index (χ1n) is 8.97. The lowest BCUT2D eigenvalue weighted by Crippen LogP contribution is -2.38. The predicted octanol–water partition coefficient (Wildman–Crippen LogP) is 3.71. The number of aliphatic hydroxyl groups is 1. The van der Waals surface area contributed by atoms with Gasteiger partial charge in [0.05, 0.1) is 6.42 Å². The van der Waals surface area contributed by atoms with E-state index >= 15 is 0 Å². The highest BCUT2D eigenvalue weighted by Crippen LogP contribution is 2.25. The Bertz CT molecular complexity index is 737. The van der Waals surface area contributed by atoms with E-state index in [0.29, 0.717) is 43.1 Å². The first-order valence-corrected chi connectivity index (χ1v) is 9.34. The number of hydrogen-bond donors (Lipinski definition) is 1. The Balaban J connectivity index is 1.54. The molecule has 1 heterocycles. The van der Waals surface area contributed by atoms with Crippen LogP contribution in [0.15, 0.2) is 54.6 Å². The molecule has 1 atom stereocenters. The number of halogens is 1. The predicted molar refractivity (Wildman–Crippen MR) is 102 cm³/mol. The lowest BCUT2D eigenvalue weighted by molar-refractivity contribution is -0.130. The fourth-order valence-electron chi connectivity index (χ4n) is 3.23. The largest absolute Gasteiger partial charge is 0.491 e. The van der Waals surface area contributed by atoms with Gasteiger partial charge in [-0.25, -0.2) is 0 Å². The van der Waals surface area contributed by atoms with Crippen molar-refractivity contribution in [3.8, 4) is 5.75 Å². The number of rotatable bonds is 5. The summed E-state index contributed by atoms with van der Waals surface area (Å²) in [4.78, 5) is 14.4. The van der Waals surface area contributed by atoms with E-state index in [1.54, 1.807) is 12.1 Å². The van der Waals surface area contributed by atoms with Gasteiger partial charge in [0.15, 0.2) is 0 Å². The standard InChI is InChI=1S/C21H24ClNO3/c22-18-8-4-9-19(15-18)26-16-21(25)10-5-12-23(13-11-21)20(24)14-17-6-2-1-3-7-17/h1-4,6-9,15,25H,5,10-14,16H2. The van der Waals surface area contributed by atoms with E-state index in [4.69, 9.17) is 16.3 Å². The minimum absolute atomic E-state index is 0.108. The molecule has 2 aromatic carbocycles. The molecule has 1 amide bonds. The van der Waals surface area contributed by atoms with E-state index in [1.165, 1.54) is 0 Å². The molecule has 1 aliphatic rings. The van der Waals surface area contributed by atoms with Crippen molar-refractivity contribution in [1.82, 2.24) is 4.90 Å². The van der Waals surface area contributed by atoms with E-state index in [9.17, 15) is 9.90 Å². The SMILES string of the molecule is O=C(Cc1ccccc1)N1CCCC(O)(COc2cccc(Cl)c2)CC1. The van der Waals surface area contributed by atoms with Crippen LogP contribution in [0, 0.1) is 0 Å². The monoisotopic (exact) mass is 373 g/mol. The minimum atomic E-state index is -0.926. The van der Waals surface area contributed by atoms with Gasteiger partial charge in [-0.05, 0) is 43.0 Å². The maximum absolute atomic E-state index is 12.5. The van der Waals surface area contributed by atoms with Crippen LogP contribution in [-0.2, 0) is 11.2 Å². The van der Waals surface area contributed by atoms with E-state index in [0.717, 1.165) is 12.0 Å². The lowest BCUT2D eigenvalue weighted by atomic mass is 9.96. The van der Waals surface area contributed by atoms with Crippen LogP contribution in [0.1, 0.15) is 24.8 Å². The molecule has 138 valence electrons. The van der Waals surface area contributed by atoms with E-state index in [2.05, 4.69) is 0 Å². The molecule has 4 nitrogen and oxygen atoms in total. The van der Waals surface area contributed by atoms with Crippen LogP contribution in [0.4, 0.5) is 0 Å². The molecule has 0 saturated carbocycles. The Hall–Kier alpha value is -2.04. The number of nitrogens with zero attached hydrogens (tertiary/aromatic N) is 1. The maximum Gasteiger partial charge on any atom is 0.226 e. The molecule has 1 N–H and O–H groups in total. The third kappa shape index (κ3) is 5.23. The van der Waals surface area contributed by atoms with Crippen molar-refractivity contribution in [2.45, 2.75) is 31.3 Å². The van der Waals surface area contributed by atoms with E-state index < -0.39 is 5.60 Å². The number of benzene rings is 2. The summed E-state index contributed by atoms with van der Waals surface area (Å²) in [6.45, 7) is 1.42. The van der Waals surface area contributed by atoms with Crippen molar-refractivity contribution in [1.29, 1.82) is 0 Å². The van der Waals surface area contributed by atoms with Crippen LogP contribution in [0.2, 0.25) is 5.02 Å². The van der Waals surface area contributed by atoms with Gasteiger partial charge in [0.25, 0.3) is 0 Å². The van der Waals surface area contributed by atoms with Crippen LogP contribution >= 0.6 is 11.6 Å². The second kappa shape index (κ2) is 8.56. The Labute approximate surface area is 159 Å². The Morgan fingerprint density at radius 1 is 1.12 bits per heavy atom. The average Bonchev–Trinajstić information content (AvgIpc) is 2.83. The second-order valence-electron chi connectivity index (χ2n) is 6.87. The molecule has 26 heavy (non-hydrogen) atoms. The molecular weight excluding hydrogens is 350 g/mol. The fraction of sp³-hybridized carbons (Fsp3) is 0.381. The lowest BCUT2D eigenvalue weighted by Gasteiger charge is -2.27. The van der Waals surface area contributed by atoms with E-state index in [1.807, 2.05) is 47.4 Å². The number of amides is 1. The molecule has 0 aliphatic carbocycles. The molecule has 0 spiro atoms. The van der Waals surface area contributed by atoms with Crippen LogP contribution in [-0.4, -0.2) is 41.2 Å². The van der Waals surface area contributed by atoms with Crippen molar-refractivity contribution in [3.05, 3.63) is 65.2 Å². The maximum atomic E-state index is 12.5. The summed E-state index contributed by atoms with van der Waals surface area (Å²) in [5, 5.41) is 11.5. The van der Waals surface area contributed by atoms with Gasteiger partial charge < -0.3 is 14.7 Å². The highest BCUT2D eigenvalue weighted by Gasteiger charge is 2.32. The zero-order valence-corrected chi connectivity index (χ0v) is 15.5. The fourth-order valence-corrected chi connectivity index (χ4v) is 3.41. The Kier molecular flexibility index (Phi) is 6.17. The van der Waals surface area contributed by atoms with Crippen molar-refractivity contribution in [2.24, 2.45) is 0 Å². The summed E-state index contributed by atoms with van der Waals surface area (Å²) < 4.78 is 5.74. The number of likely N-dealkylation sites (tertiary alicyclic amines) is 1. The molecule has 5 heteroatoms. The van der Waals surface area contributed by atoms with Gasteiger partial charge in [-0.15, -0.1) is 0 Å². The molecule has 0 bridgehead atoms. The molecule has 1 aliphatic heterocycles. The molecule has 0 radical (unpaired) electrons. The molecule has 1 fully saturated rings. The number of carbonyl (C=O) groups excluding carboxylic acids is 1. The van der Waals surface area contributed by atoms with Crippen molar-refractivity contribution < 1.29 is 14.6 Å². The Morgan fingerprint density at radius 3 is 2.69 bits per heavy atom. The minimum Gasteiger partial charge on any atom is -0.491 e. The molecule has 2 aromatic rings. The summed E-state index contributed by atoms with van der Waals surface area (Å²) in [5.41, 5.74) is 0.0886. The van der Waals surface area contributed by atoms with Crippen LogP contribution < -0.4 is 4.74 Å². The summed E-state index contributed by atoms with van der Waals surface area (Å²) in [7, 11) is 0. The van der Waals surface area contributed by atoms with Gasteiger partial charge in [0, 0.05) is 18.1 Å². The molecule has 1 saturated heterocycles. The summed E-state index contributed by atoms with van der Waals surface area (Å²) in [6, 6.07) is 16.9. The van der Waals surface area contributed by atoms with Gasteiger partial charge in [-0.3, -0.25) is 4.79 Å². The molecule has 0 aromatic heterocycles. The van der Waals surface area contributed by atoms with Gasteiger partial charge in [0.2, 0.25) is 5.91 Å². The second-order valence-corrected chi connectivity index (χ2v) is 7.30. The number of ether oxygens (including phenoxy) is 1. The first kappa shape index (κ1) is 18.7. The van der Waals surface area contributed by atoms with Gasteiger partial charge in [0.1, 0.15) is 18.0 Å². The van der Waals surface area contributed by atoms with E-state index in [-0.39, 0.29) is 12.5 Å². The van der Waals surface area contributed by atoms with Gasteiger partial charge in [-0.2, -0.15) is 0 Å². The molecule has 3 rings (SSSR count). The number of carbonyl (C=O) groups is 1. The smallest absolute Gasteiger partial charge is 0.226 e. The van der Waals surface area contributed by atoms with Crippen molar-refractivity contribution in [2.75, 3.05) is 19.7 Å². The average molecular weight is 374 g/mol. The Morgan fingerprint density at radius 2 is 1.92 bits per heavy atom. The van der Waals surface area contributed by atoms with Crippen LogP contribution in [0.3, 0.4) is 0 Å². The zero-order chi connectivity index (χ0) is 18.4. The summed E-state index contributed by atoms with van der Waals surface area (Å²) in [6.07, 6.45) is 2.28. The van der Waals surface area contributed by atoms with Crippen molar-refractivity contribution in [3.63, 3.8) is 0 Å². The van der Waals surface area contributed by atoms with Crippen molar-refractivity contribution >= 4 is 17.5 Å². The van der Waals surface area contributed by atoms with Gasteiger partial charge in [-0.1, -0.05) is 48.0 Å². The highest BCUT2D eigenvalue weighted by atomic mass is 35.5. The third-order valence-corrected chi connectivity index (χ3v) is 5.01. The topological polar surface area (TPSA) is 49.8 Å². The quantitative estimate of drug-likeness (QED) is 0.869. The number of hydrogen-bond acceptors (Lipinski definition) is 3. The zero-order valence-electron chi connectivity index (χ0n) is 14.7. The molecule has 1 unspecified atom stereocenters. The summed E-state index contributed by atoms with van der Waals surface area (Å²) >= 11 is 5.96. The van der Waals surface area contributed by atoms with Crippen LogP contribution in [0.25, 0.3) is 0 Å². The van der Waals surface area contributed by atoms with Crippen LogP contribution in [0.5, 0.6) is 5.75 Å². The molecular formula is C21H24ClNO3. The third-order valence-electron chi connectivity index (χ3n) is 4.77. The first-order chi connectivity index (χ1) is 12.5. The normalized spacial score (nSPS) is 20.5.